The van der Waals surface area contributed by atoms with Crippen molar-refractivity contribution in [3.8, 4) is 67.7 Å². The van der Waals surface area contributed by atoms with Crippen LogP contribution in [0.25, 0.3) is 89.4 Å². The van der Waals surface area contributed by atoms with E-state index in [1.165, 1.54) is 5.39 Å². The van der Waals surface area contributed by atoms with Crippen LogP contribution in [0.2, 0.25) is 0 Å². The van der Waals surface area contributed by atoms with E-state index in [1.807, 2.05) is 66.7 Å². The van der Waals surface area contributed by atoms with Gasteiger partial charge in [0.05, 0.1) is 45.4 Å². The predicted octanol–water partition coefficient (Wildman–Crippen LogP) is 11.6. The monoisotopic (exact) mass is 638 g/mol. The zero-order chi connectivity index (χ0) is 33.3. The SMILES string of the molecule is c1ccc(-c2nc(-c3ccccc3)c(-c3cccc(-c4cccc(-c5nc6ccccc6c6ccccc56)n4)c3)nc2-c2ccccc2)cc1. The fourth-order valence-corrected chi connectivity index (χ4v) is 6.68. The molecule has 234 valence electrons. The van der Waals surface area contributed by atoms with Crippen LogP contribution in [0.3, 0.4) is 0 Å². The molecule has 0 unspecified atom stereocenters. The molecular weight excluding hydrogens is 609 g/mol. The van der Waals surface area contributed by atoms with Crippen molar-refractivity contribution in [3.63, 3.8) is 0 Å². The van der Waals surface area contributed by atoms with Crippen LogP contribution in [0.5, 0.6) is 0 Å². The topological polar surface area (TPSA) is 51.6 Å². The molecule has 3 heterocycles. The maximum atomic E-state index is 5.44. The second-order valence-corrected chi connectivity index (χ2v) is 12.2. The Labute approximate surface area is 290 Å². The molecule has 0 aliphatic heterocycles. The Bertz CT molecular complexity index is 2640. The lowest BCUT2D eigenvalue weighted by molar-refractivity contribution is 1.21. The maximum absolute atomic E-state index is 5.44. The standard InChI is InChI=1S/C46H30N4/c1-4-16-31(17-5-1)42-43(32-18-6-2-7-19-32)50-45(44(49-42)33-20-8-3-9-21-33)35-23-14-22-34(30-35)39-28-15-29-41(47-39)46-38-26-11-10-24-36(38)37-25-12-13-27-40(37)48-46/h1-30H. The molecular formula is C46H30N4. The molecule has 3 aromatic heterocycles. The van der Waals surface area contributed by atoms with Crippen molar-refractivity contribution >= 4 is 21.7 Å². The number of aromatic nitrogens is 4. The number of nitrogens with zero attached hydrogens (tertiary/aromatic N) is 4. The summed E-state index contributed by atoms with van der Waals surface area (Å²) in [6, 6.07) is 62.3. The van der Waals surface area contributed by atoms with Crippen molar-refractivity contribution in [2.75, 3.05) is 0 Å². The average Bonchev–Trinajstić information content (AvgIpc) is 3.21. The van der Waals surface area contributed by atoms with Crippen molar-refractivity contribution < 1.29 is 0 Å². The molecule has 0 N–H and O–H groups in total. The second-order valence-electron chi connectivity index (χ2n) is 12.2. The third-order valence-corrected chi connectivity index (χ3v) is 9.07. The van der Waals surface area contributed by atoms with Crippen LogP contribution >= 0.6 is 0 Å². The van der Waals surface area contributed by atoms with Gasteiger partial charge >= 0.3 is 0 Å². The third-order valence-electron chi connectivity index (χ3n) is 9.07. The Kier molecular flexibility index (Phi) is 7.45. The van der Waals surface area contributed by atoms with Gasteiger partial charge in [-0.2, -0.15) is 0 Å². The lowest BCUT2D eigenvalue weighted by atomic mass is 9.98. The van der Waals surface area contributed by atoms with Gasteiger partial charge in [-0.25, -0.2) is 19.9 Å². The van der Waals surface area contributed by atoms with Crippen LogP contribution in [-0.2, 0) is 0 Å². The Morgan fingerprint density at radius 1 is 0.240 bits per heavy atom. The fourth-order valence-electron chi connectivity index (χ4n) is 6.68. The smallest absolute Gasteiger partial charge is 0.0973 e. The summed E-state index contributed by atoms with van der Waals surface area (Å²) in [4.78, 5) is 21.1. The molecule has 50 heavy (non-hydrogen) atoms. The summed E-state index contributed by atoms with van der Waals surface area (Å²) in [6.07, 6.45) is 0. The quantitative estimate of drug-likeness (QED) is 0.170. The van der Waals surface area contributed by atoms with E-state index in [0.717, 1.165) is 84.0 Å². The van der Waals surface area contributed by atoms with Crippen molar-refractivity contribution in [2.24, 2.45) is 0 Å². The van der Waals surface area contributed by atoms with Gasteiger partial charge in [-0.05, 0) is 29.7 Å². The van der Waals surface area contributed by atoms with Crippen LogP contribution in [0.4, 0.5) is 0 Å². The van der Waals surface area contributed by atoms with Crippen molar-refractivity contribution in [3.05, 3.63) is 182 Å². The Balaban J connectivity index is 1.22. The highest BCUT2D eigenvalue weighted by Crippen LogP contribution is 2.38. The first-order valence-corrected chi connectivity index (χ1v) is 16.7. The minimum Gasteiger partial charge on any atom is -0.246 e. The van der Waals surface area contributed by atoms with Gasteiger partial charge in [0, 0.05) is 38.6 Å². The molecule has 9 aromatic rings. The van der Waals surface area contributed by atoms with Crippen LogP contribution in [-0.4, -0.2) is 19.9 Å². The van der Waals surface area contributed by atoms with E-state index < -0.39 is 0 Å². The van der Waals surface area contributed by atoms with Gasteiger partial charge in [-0.1, -0.05) is 158 Å². The third kappa shape index (κ3) is 5.39. The van der Waals surface area contributed by atoms with E-state index in [1.54, 1.807) is 0 Å². The van der Waals surface area contributed by atoms with E-state index in [0.29, 0.717) is 0 Å². The summed E-state index contributed by atoms with van der Waals surface area (Å²) in [6.45, 7) is 0. The first kappa shape index (κ1) is 29.4. The highest BCUT2D eigenvalue weighted by Gasteiger charge is 2.20. The molecule has 4 heteroatoms. The number of para-hydroxylation sites is 1. The lowest BCUT2D eigenvalue weighted by Crippen LogP contribution is -2.01. The summed E-state index contributed by atoms with van der Waals surface area (Å²) in [5, 5.41) is 3.39. The van der Waals surface area contributed by atoms with Crippen LogP contribution in [0, 0.1) is 0 Å². The minimum atomic E-state index is 0.815. The number of benzene rings is 6. The number of pyridine rings is 2. The van der Waals surface area contributed by atoms with E-state index >= 15 is 0 Å². The van der Waals surface area contributed by atoms with Gasteiger partial charge in [0.15, 0.2) is 0 Å². The summed E-state index contributed by atoms with van der Waals surface area (Å²) in [7, 11) is 0. The molecule has 0 amide bonds. The maximum Gasteiger partial charge on any atom is 0.0973 e. The molecule has 0 aliphatic carbocycles. The van der Waals surface area contributed by atoms with Crippen LogP contribution < -0.4 is 0 Å². The van der Waals surface area contributed by atoms with Gasteiger partial charge < -0.3 is 0 Å². The molecule has 0 fully saturated rings. The fraction of sp³-hybridized carbons (Fsp3) is 0. The minimum absolute atomic E-state index is 0.815. The second kappa shape index (κ2) is 12.7. The molecule has 0 saturated carbocycles. The van der Waals surface area contributed by atoms with Gasteiger partial charge in [-0.15, -0.1) is 0 Å². The van der Waals surface area contributed by atoms with Gasteiger partial charge in [0.2, 0.25) is 0 Å². The molecule has 4 nitrogen and oxygen atoms in total. The largest absolute Gasteiger partial charge is 0.246 e. The molecule has 9 rings (SSSR count). The molecule has 0 atom stereocenters. The first-order chi connectivity index (χ1) is 24.8. The number of hydrogen-bond donors (Lipinski definition) is 0. The summed E-state index contributed by atoms with van der Waals surface area (Å²) >= 11 is 0. The number of rotatable bonds is 6. The average molecular weight is 639 g/mol. The Morgan fingerprint density at radius 3 is 1.30 bits per heavy atom. The zero-order valence-corrected chi connectivity index (χ0v) is 27.1. The highest BCUT2D eigenvalue weighted by molar-refractivity contribution is 6.10. The van der Waals surface area contributed by atoms with Gasteiger partial charge in [0.1, 0.15) is 0 Å². The van der Waals surface area contributed by atoms with Gasteiger partial charge in [0.25, 0.3) is 0 Å². The zero-order valence-electron chi connectivity index (χ0n) is 27.1. The number of hydrogen-bond acceptors (Lipinski definition) is 4. The highest BCUT2D eigenvalue weighted by atomic mass is 14.9. The number of fused-ring (bicyclic) bond motifs is 3. The lowest BCUT2D eigenvalue weighted by Gasteiger charge is -2.16. The summed E-state index contributed by atoms with van der Waals surface area (Å²) < 4.78 is 0. The first-order valence-electron chi connectivity index (χ1n) is 16.7. The normalized spacial score (nSPS) is 11.2. The molecule has 0 radical (unpaired) electrons. The molecule has 0 aliphatic rings. The summed E-state index contributed by atoms with van der Waals surface area (Å²) in [5.74, 6) is 0. The molecule has 0 bridgehead atoms. The van der Waals surface area contributed by atoms with E-state index in [4.69, 9.17) is 19.9 Å². The van der Waals surface area contributed by atoms with E-state index in [-0.39, 0.29) is 0 Å². The molecule has 0 spiro atoms. The molecule has 0 saturated heterocycles. The van der Waals surface area contributed by atoms with E-state index in [9.17, 15) is 0 Å². The Morgan fingerprint density at radius 2 is 0.680 bits per heavy atom. The van der Waals surface area contributed by atoms with Gasteiger partial charge in [-0.3, -0.25) is 0 Å². The van der Waals surface area contributed by atoms with Crippen molar-refractivity contribution in [1.29, 1.82) is 0 Å². The predicted molar refractivity (Wildman–Crippen MR) is 205 cm³/mol. The molecule has 6 aromatic carbocycles. The van der Waals surface area contributed by atoms with Crippen molar-refractivity contribution in [2.45, 2.75) is 0 Å². The van der Waals surface area contributed by atoms with Crippen molar-refractivity contribution in [1.82, 2.24) is 19.9 Å². The van der Waals surface area contributed by atoms with E-state index in [2.05, 4.69) is 115 Å². The summed E-state index contributed by atoms with van der Waals surface area (Å²) in [5.41, 5.74) is 11.8. The van der Waals surface area contributed by atoms with Crippen LogP contribution in [0.15, 0.2) is 182 Å². The van der Waals surface area contributed by atoms with Crippen LogP contribution in [0.1, 0.15) is 0 Å². The Hall–Kier alpha value is -6.78.